The fraction of sp³-hybridized carbons (Fsp3) is 0.0714. The summed E-state index contributed by atoms with van der Waals surface area (Å²) in [7, 11) is 1.59. The van der Waals surface area contributed by atoms with Crippen LogP contribution in [0.2, 0.25) is 5.02 Å². The van der Waals surface area contributed by atoms with E-state index in [1.807, 2.05) is 36.4 Å². The second-order valence-electron chi connectivity index (χ2n) is 4.08. The summed E-state index contributed by atoms with van der Waals surface area (Å²) in [5, 5.41) is 0.548. The van der Waals surface area contributed by atoms with Crippen molar-refractivity contribution in [1.82, 2.24) is 9.97 Å². The molecule has 0 aliphatic rings. The van der Waals surface area contributed by atoms with Crippen LogP contribution in [-0.2, 0) is 0 Å². The van der Waals surface area contributed by atoms with Crippen LogP contribution >= 0.6 is 27.5 Å². The molecule has 3 rings (SSSR count). The molecule has 0 aliphatic heterocycles. The van der Waals surface area contributed by atoms with Crippen molar-refractivity contribution >= 4 is 38.6 Å². The van der Waals surface area contributed by atoms with E-state index in [2.05, 4.69) is 25.9 Å². The zero-order chi connectivity index (χ0) is 13.4. The molecule has 0 spiro atoms. The van der Waals surface area contributed by atoms with E-state index in [4.69, 9.17) is 16.3 Å². The van der Waals surface area contributed by atoms with Crippen molar-refractivity contribution in [2.45, 2.75) is 0 Å². The quantitative estimate of drug-likeness (QED) is 0.739. The smallest absolute Gasteiger partial charge is 0.151 e. The Balaban J connectivity index is 2.16. The standard InChI is InChI=1S/C14H10BrClN2O/c1-19-13-9(15)6-8(7-10(13)16)14-17-11-4-2-3-5-12(11)18-14/h2-7H,1H3,(H,17,18). The second kappa shape index (κ2) is 4.87. The molecule has 1 heterocycles. The van der Waals surface area contributed by atoms with Crippen molar-refractivity contribution in [3.05, 3.63) is 45.9 Å². The summed E-state index contributed by atoms with van der Waals surface area (Å²) in [6.45, 7) is 0. The lowest BCUT2D eigenvalue weighted by atomic mass is 10.2. The molecule has 5 heteroatoms. The summed E-state index contributed by atoms with van der Waals surface area (Å²) in [5.74, 6) is 1.41. The number of hydrogen-bond acceptors (Lipinski definition) is 2. The maximum absolute atomic E-state index is 6.19. The Kier molecular flexibility index (Phi) is 3.21. The maximum Gasteiger partial charge on any atom is 0.151 e. The Morgan fingerprint density at radius 1 is 1.26 bits per heavy atom. The third-order valence-electron chi connectivity index (χ3n) is 2.87. The fourth-order valence-electron chi connectivity index (χ4n) is 1.98. The van der Waals surface area contributed by atoms with E-state index in [1.165, 1.54) is 0 Å². The third-order valence-corrected chi connectivity index (χ3v) is 3.74. The molecule has 96 valence electrons. The van der Waals surface area contributed by atoms with Gasteiger partial charge in [0.1, 0.15) is 5.82 Å². The number of hydrogen-bond donors (Lipinski definition) is 1. The van der Waals surface area contributed by atoms with E-state index in [9.17, 15) is 0 Å². The lowest BCUT2D eigenvalue weighted by molar-refractivity contribution is 0.412. The minimum atomic E-state index is 0.548. The minimum Gasteiger partial charge on any atom is -0.494 e. The second-order valence-corrected chi connectivity index (χ2v) is 5.34. The number of fused-ring (bicyclic) bond motifs is 1. The average molecular weight is 338 g/mol. The predicted molar refractivity (Wildman–Crippen MR) is 80.8 cm³/mol. The first-order chi connectivity index (χ1) is 9.19. The van der Waals surface area contributed by atoms with Crippen LogP contribution in [0.15, 0.2) is 40.9 Å². The SMILES string of the molecule is COc1c(Cl)cc(-c2nc3ccccc3[nH]2)cc1Br. The molecule has 0 bridgehead atoms. The van der Waals surface area contributed by atoms with Gasteiger partial charge in [-0.1, -0.05) is 23.7 Å². The number of imidazole rings is 1. The van der Waals surface area contributed by atoms with Gasteiger partial charge in [-0.2, -0.15) is 0 Å². The summed E-state index contributed by atoms with van der Waals surface area (Å²) >= 11 is 9.63. The first kappa shape index (κ1) is 12.5. The molecule has 0 saturated heterocycles. The number of nitrogens with zero attached hydrogens (tertiary/aromatic N) is 1. The number of aromatic nitrogens is 2. The van der Waals surface area contributed by atoms with Crippen LogP contribution in [0.4, 0.5) is 0 Å². The van der Waals surface area contributed by atoms with Gasteiger partial charge < -0.3 is 9.72 Å². The van der Waals surface area contributed by atoms with Gasteiger partial charge in [0.2, 0.25) is 0 Å². The molecule has 0 fully saturated rings. The van der Waals surface area contributed by atoms with Gasteiger partial charge in [0, 0.05) is 5.56 Å². The largest absolute Gasteiger partial charge is 0.494 e. The van der Waals surface area contributed by atoms with Crippen LogP contribution < -0.4 is 4.74 Å². The topological polar surface area (TPSA) is 37.9 Å². The lowest BCUT2D eigenvalue weighted by Gasteiger charge is -2.07. The zero-order valence-electron chi connectivity index (χ0n) is 10.1. The van der Waals surface area contributed by atoms with Crippen LogP contribution in [0, 0.1) is 0 Å². The summed E-state index contributed by atoms with van der Waals surface area (Å²) in [6.07, 6.45) is 0. The molecule has 2 aromatic carbocycles. The molecule has 0 atom stereocenters. The molecule has 0 aliphatic carbocycles. The summed E-state index contributed by atoms with van der Waals surface area (Å²) in [5.41, 5.74) is 2.84. The van der Waals surface area contributed by atoms with Crippen molar-refractivity contribution in [2.24, 2.45) is 0 Å². The summed E-state index contributed by atoms with van der Waals surface area (Å²) < 4.78 is 6.02. The van der Waals surface area contributed by atoms with Crippen molar-refractivity contribution in [3.8, 4) is 17.1 Å². The van der Waals surface area contributed by atoms with Crippen LogP contribution in [0.3, 0.4) is 0 Å². The maximum atomic E-state index is 6.19. The Morgan fingerprint density at radius 3 is 2.74 bits per heavy atom. The van der Waals surface area contributed by atoms with Gasteiger partial charge in [-0.25, -0.2) is 4.98 Å². The summed E-state index contributed by atoms with van der Waals surface area (Å²) in [6, 6.07) is 11.7. The van der Waals surface area contributed by atoms with Crippen LogP contribution in [0.1, 0.15) is 0 Å². The van der Waals surface area contributed by atoms with E-state index in [0.717, 1.165) is 26.9 Å². The Labute approximate surface area is 123 Å². The average Bonchev–Trinajstić information content (AvgIpc) is 2.82. The number of nitrogens with one attached hydrogen (secondary N) is 1. The van der Waals surface area contributed by atoms with Gasteiger partial charge in [-0.3, -0.25) is 0 Å². The molecule has 0 amide bonds. The fourth-order valence-corrected chi connectivity index (χ4v) is 3.01. The van der Waals surface area contributed by atoms with Crippen molar-refractivity contribution in [1.29, 1.82) is 0 Å². The Hall–Kier alpha value is -1.52. The van der Waals surface area contributed by atoms with Crippen molar-refractivity contribution in [2.75, 3.05) is 7.11 Å². The number of H-pyrrole nitrogens is 1. The first-order valence-electron chi connectivity index (χ1n) is 5.67. The number of halogens is 2. The summed E-state index contributed by atoms with van der Waals surface area (Å²) in [4.78, 5) is 7.82. The van der Waals surface area contributed by atoms with Gasteiger partial charge in [-0.05, 0) is 40.2 Å². The molecule has 1 aromatic heterocycles. The molecule has 0 unspecified atom stereocenters. The number of aromatic amines is 1. The normalized spacial score (nSPS) is 10.9. The third kappa shape index (κ3) is 2.22. The predicted octanol–water partition coefficient (Wildman–Crippen LogP) is 4.65. The number of rotatable bonds is 2. The highest BCUT2D eigenvalue weighted by Gasteiger charge is 2.11. The molecule has 1 N–H and O–H groups in total. The highest BCUT2D eigenvalue weighted by molar-refractivity contribution is 9.10. The van der Waals surface area contributed by atoms with E-state index >= 15 is 0 Å². The molecular weight excluding hydrogens is 328 g/mol. The van der Waals surface area contributed by atoms with E-state index in [0.29, 0.717) is 10.8 Å². The number of ether oxygens (including phenoxy) is 1. The number of para-hydroxylation sites is 2. The lowest BCUT2D eigenvalue weighted by Crippen LogP contribution is -1.88. The monoisotopic (exact) mass is 336 g/mol. The van der Waals surface area contributed by atoms with Gasteiger partial charge in [-0.15, -0.1) is 0 Å². The van der Waals surface area contributed by atoms with Crippen molar-refractivity contribution in [3.63, 3.8) is 0 Å². The molecule has 0 radical (unpaired) electrons. The van der Waals surface area contributed by atoms with E-state index < -0.39 is 0 Å². The van der Waals surface area contributed by atoms with Gasteiger partial charge in [0.25, 0.3) is 0 Å². The molecular formula is C14H10BrClN2O. The molecule has 19 heavy (non-hydrogen) atoms. The van der Waals surface area contributed by atoms with Gasteiger partial charge in [0.15, 0.2) is 5.75 Å². The molecule has 3 nitrogen and oxygen atoms in total. The zero-order valence-corrected chi connectivity index (χ0v) is 12.4. The molecule has 0 saturated carbocycles. The van der Waals surface area contributed by atoms with Crippen molar-refractivity contribution < 1.29 is 4.74 Å². The van der Waals surface area contributed by atoms with E-state index in [-0.39, 0.29) is 0 Å². The van der Waals surface area contributed by atoms with Gasteiger partial charge in [0.05, 0.1) is 27.6 Å². The number of benzene rings is 2. The Bertz CT molecular complexity index is 698. The van der Waals surface area contributed by atoms with Crippen LogP contribution in [0.25, 0.3) is 22.4 Å². The minimum absolute atomic E-state index is 0.548. The Morgan fingerprint density at radius 2 is 2.05 bits per heavy atom. The number of methoxy groups -OCH3 is 1. The van der Waals surface area contributed by atoms with Crippen LogP contribution in [0.5, 0.6) is 5.75 Å². The van der Waals surface area contributed by atoms with Crippen LogP contribution in [-0.4, -0.2) is 17.1 Å². The first-order valence-corrected chi connectivity index (χ1v) is 6.84. The van der Waals surface area contributed by atoms with E-state index in [1.54, 1.807) is 7.11 Å². The van der Waals surface area contributed by atoms with Gasteiger partial charge >= 0.3 is 0 Å². The highest BCUT2D eigenvalue weighted by atomic mass is 79.9. The molecule has 3 aromatic rings. The highest BCUT2D eigenvalue weighted by Crippen LogP contribution is 2.37.